The molecule has 2 aromatic carbocycles. The number of aliphatic imine (C=N–C) groups is 1. The summed E-state index contributed by atoms with van der Waals surface area (Å²) in [5.41, 5.74) is 1.78. The second kappa shape index (κ2) is 10.0. The molecule has 0 unspecified atom stereocenters. The summed E-state index contributed by atoms with van der Waals surface area (Å²) in [5, 5.41) is 17.5. The van der Waals surface area contributed by atoms with E-state index in [1.54, 1.807) is 25.3 Å². The maximum absolute atomic E-state index is 11.1. The summed E-state index contributed by atoms with van der Waals surface area (Å²) in [6.45, 7) is 3.59. The number of rotatable bonds is 8. The third-order valence-electron chi connectivity index (χ3n) is 3.82. The molecule has 2 N–H and O–H groups in total. The van der Waals surface area contributed by atoms with Crippen molar-refractivity contribution < 1.29 is 9.66 Å². The number of nitrogens with zero attached hydrogens (tertiary/aromatic N) is 2. The second-order valence-corrected chi connectivity index (χ2v) is 5.57. The second-order valence-electron chi connectivity index (χ2n) is 5.57. The number of hydrogen-bond acceptors (Lipinski definition) is 4. The molecule has 0 heterocycles. The number of hydrogen-bond donors (Lipinski definition) is 2. The van der Waals surface area contributed by atoms with Crippen LogP contribution in [-0.4, -0.2) is 31.1 Å². The summed E-state index contributed by atoms with van der Waals surface area (Å²) >= 11 is 0. The van der Waals surface area contributed by atoms with Gasteiger partial charge in [0.2, 0.25) is 0 Å². The van der Waals surface area contributed by atoms with E-state index < -0.39 is 0 Å². The van der Waals surface area contributed by atoms with Crippen LogP contribution < -0.4 is 15.4 Å². The Bertz CT molecular complexity index is 762. The molecule has 7 nitrogen and oxygen atoms in total. The molecule has 0 radical (unpaired) electrons. The molecule has 138 valence electrons. The van der Waals surface area contributed by atoms with Gasteiger partial charge in [0.05, 0.1) is 24.1 Å². The molecule has 0 spiro atoms. The summed E-state index contributed by atoms with van der Waals surface area (Å²) in [7, 11) is 1.66. The van der Waals surface area contributed by atoms with Crippen molar-refractivity contribution in [3.63, 3.8) is 0 Å². The van der Waals surface area contributed by atoms with Gasteiger partial charge in [0.1, 0.15) is 5.75 Å². The van der Waals surface area contributed by atoms with Crippen LogP contribution in [0.3, 0.4) is 0 Å². The van der Waals surface area contributed by atoms with Gasteiger partial charge in [0.15, 0.2) is 5.96 Å². The molecule has 2 aromatic rings. The summed E-state index contributed by atoms with van der Waals surface area (Å²) in [5.74, 6) is 1.48. The highest BCUT2D eigenvalue weighted by Gasteiger charge is 2.11. The molecule has 0 aromatic heterocycles. The first-order valence-corrected chi connectivity index (χ1v) is 8.52. The van der Waals surface area contributed by atoms with Gasteiger partial charge in [0.25, 0.3) is 5.69 Å². The SMILES string of the molecule is CCNC(=NCc1ccccc1[N+](=O)[O-])NCCc1ccccc1OC. The van der Waals surface area contributed by atoms with Crippen LogP contribution in [0.1, 0.15) is 18.1 Å². The molecule has 0 atom stereocenters. The zero-order chi connectivity index (χ0) is 18.8. The maximum atomic E-state index is 11.1. The monoisotopic (exact) mass is 356 g/mol. The maximum Gasteiger partial charge on any atom is 0.274 e. The lowest BCUT2D eigenvalue weighted by molar-refractivity contribution is -0.385. The zero-order valence-corrected chi connectivity index (χ0v) is 15.1. The number of guanidine groups is 1. The summed E-state index contributed by atoms with van der Waals surface area (Å²) in [6, 6.07) is 14.5. The van der Waals surface area contributed by atoms with Crippen LogP contribution in [0.4, 0.5) is 5.69 Å². The van der Waals surface area contributed by atoms with Gasteiger partial charge >= 0.3 is 0 Å². The fraction of sp³-hybridized carbons (Fsp3) is 0.316. The van der Waals surface area contributed by atoms with Crippen LogP contribution >= 0.6 is 0 Å². The predicted octanol–water partition coefficient (Wildman–Crippen LogP) is 2.90. The molecule has 0 aliphatic heterocycles. The Morgan fingerprint density at radius 1 is 1.12 bits per heavy atom. The van der Waals surface area contributed by atoms with Crippen LogP contribution in [0.25, 0.3) is 0 Å². The average Bonchev–Trinajstić information content (AvgIpc) is 2.66. The summed E-state index contributed by atoms with van der Waals surface area (Å²) in [4.78, 5) is 15.2. The smallest absolute Gasteiger partial charge is 0.274 e. The number of methoxy groups -OCH3 is 1. The predicted molar refractivity (Wildman–Crippen MR) is 103 cm³/mol. The van der Waals surface area contributed by atoms with Gasteiger partial charge < -0.3 is 15.4 Å². The molecule has 0 saturated heterocycles. The zero-order valence-electron chi connectivity index (χ0n) is 15.1. The van der Waals surface area contributed by atoms with Gasteiger partial charge in [-0.05, 0) is 25.0 Å². The summed E-state index contributed by atoms with van der Waals surface area (Å²) in [6.07, 6.45) is 0.778. The topological polar surface area (TPSA) is 88.8 Å². The molecule has 0 fully saturated rings. The molecule has 26 heavy (non-hydrogen) atoms. The van der Waals surface area contributed by atoms with Crippen LogP contribution in [-0.2, 0) is 13.0 Å². The van der Waals surface area contributed by atoms with Crippen molar-refractivity contribution in [3.8, 4) is 5.75 Å². The van der Waals surface area contributed by atoms with Crippen molar-refractivity contribution in [2.75, 3.05) is 20.2 Å². The van der Waals surface area contributed by atoms with Crippen LogP contribution in [0.2, 0.25) is 0 Å². The Kier molecular flexibility index (Phi) is 7.42. The number of nitrogens with one attached hydrogen (secondary N) is 2. The molecule has 2 rings (SSSR count). The van der Waals surface area contributed by atoms with E-state index in [2.05, 4.69) is 15.6 Å². The fourth-order valence-corrected chi connectivity index (χ4v) is 2.55. The first kappa shape index (κ1) is 19.2. The summed E-state index contributed by atoms with van der Waals surface area (Å²) < 4.78 is 5.35. The number of nitro groups is 1. The van der Waals surface area contributed by atoms with Gasteiger partial charge in [-0.2, -0.15) is 0 Å². The van der Waals surface area contributed by atoms with Crippen molar-refractivity contribution >= 4 is 11.6 Å². The highest BCUT2D eigenvalue weighted by molar-refractivity contribution is 5.79. The Balaban J connectivity index is 2.00. The Morgan fingerprint density at radius 3 is 2.50 bits per heavy atom. The number of nitro benzene ring substituents is 1. The fourth-order valence-electron chi connectivity index (χ4n) is 2.55. The number of para-hydroxylation sites is 2. The largest absolute Gasteiger partial charge is 0.496 e. The van der Waals surface area contributed by atoms with E-state index in [1.807, 2.05) is 31.2 Å². The van der Waals surface area contributed by atoms with E-state index in [1.165, 1.54) is 6.07 Å². The molecule has 0 bridgehead atoms. The third-order valence-corrected chi connectivity index (χ3v) is 3.82. The van der Waals surface area contributed by atoms with E-state index >= 15 is 0 Å². The lowest BCUT2D eigenvalue weighted by Gasteiger charge is -2.12. The van der Waals surface area contributed by atoms with E-state index in [0.29, 0.717) is 24.6 Å². The lowest BCUT2D eigenvalue weighted by Crippen LogP contribution is -2.38. The Labute approximate surface area is 153 Å². The molecular weight excluding hydrogens is 332 g/mol. The van der Waals surface area contributed by atoms with Crippen molar-refractivity contribution in [1.29, 1.82) is 0 Å². The normalized spacial score (nSPS) is 11.1. The Hall–Kier alpha value is -3.09. The van der Waals surface area contributed by atoms with E-state index in [-0.39, 0.29) is 17.2 Å². The molecular formula is C19H24N4O3. The van der Waals surface area contributed by atoms with Gasteiger partial charge in [-0.15, -0.1) is 0 Å². The standard InChI is InChI=1S/C19H24N4O3/c1-3-20-19(21-13-12-15-8-5-7-11-18(15)26-2)22-14-16-9-4-6-10-17(16)23(24)25/h4-11H,3,12-14H2,1-2H3,(H2,20,21,22). The van der Waals surface area contributed by atoms with Gasteiger partial charge in [-0.1, -0.05) is 36.4 Å². The first-order valence-electron chi connectivity index (χ1n) is 8.52. The van der Waals surface area contributed by atoms with Gasteiger partial charge in [-0.25, -0.2) is 4.99 Å². The minimum Gasteiger partial charge on any atom is -0.496 e. The minimum absolute atomic E-state index is 0.0844. The van der Waals surface area contributed by atoms with Crippen LogP contribution in [0.15, 0.2) is 53.5 Å². The van der Waals surface area contributed by atoms with E-state index in [4.69, 9.17) is 4.74 Å². The highest BCUT2D eigenvalue weighted by Crippen LogP contribution is 2.18. The Morgan fingerprint density at radius 2 is 1.81 bits per heavy atom. The van der Waals surface area contributed by atoms with Crippen molar-refractivity contribution in [3.05, 3.63) is 69.8 Å². The van der Waals surface area contributed by atoms with E-state index in [9.17, 15) is 10.1 Å². The van der Waals surface area contributed by atoms with Crippen molar-refractivity contribution in [2.24, 2.45) is 4.99 Å². The number of benzene rings is 2. The number of ether oxygens (including phenoxy) is 1. The molecule has 0 saturated carbocycles. The quantitative estimate of drug-likeness (QED) is 0.329. The van der Waals surface area contributed by atoms with E-state index in [0.717, 1.165) is 17.7 Å². The molecule has 7 heteroatoms. The minimum atomic E-state index is -0.382. The lowest BCUT2D eigenvalue weighted by atomic mass is 10.1. The molecule has 0 aliphatic rings. The third kappa shape index (κ3) is 5.47. The molecule has 0 amide bonds. The average molecular weight is 356 g/mol. The van der Waals surface area contributed by atoms with Crippen LogP contribution in [0, 0.1) is 10.1 Å². The van der Waals surface area contributed by atoms with Crippen LogP contribution in [0.5, 0.6) is 5.75 Å². The molecule has 0 aliphatic carbocycles. The first-order chi connectivity index (χ1) is 12.7. The van der Waals surface area contributed by atoms with Gasteiger partial charge in [0, 0.05) is 19.2 Å². The van der Waals surface area contributed by atoms with Gasteiger partial charge in [-0.3, -0.25) is 10.1 Å². The highest BCUT2D eigenvalue weighted by atomic mass is 16.6. The van der Waals surface area contributed by atoms with Crippen molar-refractivity contribution in [1.82, 2.24) is 10.6 Å². The van der Waals surface area contributed by atoms with Crippen molar-refractivity contribution in [2.45, 2.75) is 19.9 Å².